The van der Waals surface area contributed by atoms with Crippen molar-refractivity contribution in [1.82, 2.24) is 20.2 Å². The number of pyridine rings is 2. The van der Waals surface area contributed by atoms with Gasteiger partial charge in [0.1, 0.15) is 17.2 Å². The third-order valence-corrected chi connectivity index (χ3v) is 7.43. The Morgan fingerprint density at radius 3 is 2.64 bits per heavy atom. The van der Waals surface area contributed by atoms with Crippen LogP contribution in [0.1, 0.15) is 53.5 Å². The van der Waals surface area contributed by atoms with Gasteiger partial charge in [-0.3, -0.25) is 14.5 Å². The highest BCUT2D eigenvalue weighted by Crippen LogP contribution is 2.37. The molecule has 1 aliphatic heterocycles. The number of H-pyrrole nitrogens is 1. The zero-order chi connectivity index (χ0) is 25.4. The number of hydrogen-bond acceptors (Lipinski definition) is 5. The van der Waals surface area contributed by atoms with Crippen LogP contribution >= 0.6 is 0 Å². The zero-order valence-corrected chi connectivity index (χ0v) is 19.9. The predicted octanol–water partition coefficient (Wildman–Crippen LogP) is 3.82. The Morgan fingerprint density at radius 1 is 1.14 bits per heavy atom. The number of nitrogens with one attached hydrogen (secondary N) is 2. The summed E-state index contributed by atoms with van der Waals surface area (Å²) in [7, 11) is 1.43. The zero-order valence-electron chi connectivity index (χ0n) is 19.9. The summed E-state index contributed by atoms with van der Waals surface area (Å²) in [6, 6.07) is 9.90. The van der Waals surface area contributed by atoms with E-state index in [1.165, 1.54) is 19.2 Å². The summed E-state index contributed by atoms with van der Waals surface area (Å²) in [6.45, 7) is 2.59. The standard InChI is InChI=1S/C26H28F3N5O2/c1-30-25(35)19-7-8-21(23(31-19)24(28)29)34-11-9-33(10-12-34)17-6-5-15(13-17)20-14-16-3-2-4-18(27)22(16)26(36)32-20/h2-4,7-8,14-15,17,24H,5-6,9-13H2,1H3,(H,30,35)(H,32,36). The van der Waals surface area contributed by atoms with Crippen LogP contribution in [-0.2, 0) is 0 Å². The van der Waals surface area contributed by atoms with Crippen molar-refractivity contribution in [3.63, 3.8) is 0 Å². The summed E-state index contributed by atoms with van der Waals surface area (Å²) in [6.07, 6.45) is -0.0158. The first-order valence-corrected chi connectivity index (χ1v) is 12.2. The summed E-state index contributed by atoms with van der Waals surface area (Å²) in [5.74, 6) is -0.835. The lowest BCUT2D eigenvalue weighted by molar-refractivity contribution is 0.0956. The fourth-order valence-electron chi connectivity index (χ4n) is 5.57. The van der Waals surface area contributed by atoms with Crippen LogP contribution in [0.4, 0.5) is 18.9 Å². The van der Waals surface area contributed by atoms with E-state index in [0.29, 0.717) is 30.2 Å². The number of halogens is 3. The molecule has 1 amide bonds. The van der Waals surface area contributed by atoms with Crippen molar-refractivity contribution in [2.75, 3.05) is 38.1 Å². The van der Waals surface area contributed by atoms with E-state index < -0.39 is 23.7 Å². The molecule has 2 fully saturated rings. The second-order valence-electron chi connectivity index (χ2n) is 9.43. The second kappa shape index (κ2) is 9.93. The molecule has 2 aromatic heterocycles. The molecular weight excluding hydrogens is 471 g/mol. The Kier molecular flexibility index (Phi) is 6.70. The van der Waals surface area contributed by atoms with Crippen LogP contribution in [-0.4, -0.2) is 60.0 Å². The maximum absolute atomic E-state index is 14.1. The lowest BCUT2D eigenvalue weighted by atomic mass is 10.00. The van der Waals surface area contributed by atoms with Crippen molar-refractivity contribution in [3.8, 4) is 0 Å². The fraction of sp³-hybridized carbons (Fsp3) is 0.423. The fourth-order valence-corrected chi connectivity index (χ4v) is 5.57. The van der Waals surface area contributed by atoms with Crippen LogP contribution in [0.25, 0.3) is 10.8 Å². The van der Waals surface area contributed by atoms with E-state index >= 15 is 0 Å². The molecule has 0 spiro atoms. The summed E-state index contributed by atoms with van der Waals surface area (Å²) in [5, 5.41) is 3.11. The van der Waals surface area contributed by atoms with Gasteiger partial charge in [-0.2, -0.15) is 0 Å². The molecular formula is C26H28F3N5O2. The molecule has 1 saturated carbocycles. The molecule has 36 heavy (non-hydrogen) atoms. The quantitative estimate of drug-likeness (QED) is 0.558. The molecule has 2 atom stereocenters. The summed E-state index contributed by atoms with van der Waals surface area (Å²) in [4.78, 5) is 35.4. The van der Waals surface area contributed by atoms with E-state index in [1.54, 1.807) is 18.2 Å². The van der Waals surface area contributed by atoms with E-state index in [4.69, 9.17) is 0 Å². The number of fused-ring (bicyclic) bond motifs is 1. The van der Waals surface area contributed by atoms with E-state index in [2.05, 4.69) is 20.2 Å². The molecule has 2 aliphatic rings. The van der Waals surface area contributed by atoms with Crippen molar-refractivity contribution in [3.05, 3.63) is 69.7 Å². The summed E-state index contributed by atoms with van der Waals surface area (Å²) < 4.78 is 41.5. The minimum absolute atomic E-state index is 0.0262. The number of alkyl halides is 2. The minimum Gasteiger partial charge on any atom is -0.367 e. The Hall–Kier alpha value is -3.40. The average Bonchev–Trinajstić information content (AvgIpc) is 3.38. The number of carbonyl (C=O) groups is 1. The van der Waals surface area contributed by atoms with Gasteiger partial charge in [0.25, 0.3) is 17.9 Å². The Labute approximate surface area is 206 Å². The van der Waals surface area contributed by atoms with Crippen LogP contribution in [0, 0.1) is 5.82 Å². The van der Waals surface area contributed by atoms with Crippen LogP contribution in [0.5, 0.6) is 0 Å². The molecule has 1 saturated heterocycles. The van der Waals surface area contributed by atoms with Gasteiger partial charge in [-0.25, -0.2) is 18.2 Å². The third kappa shape index (κ3) is 4.57. The Bertz CT molecular complexity index is 1340. The maximum Gasteiger partial charge on any atom is 0.282 e. The van der Waals surface area contributed by atoms with Gasteiger partial charge >= 0.3 is 0 Å². The Balaban J connectivity index is 1.25. The van der Waals surface area contributed by atoms with Gasteiger partial charge in [0, 0.05) is 50.9 Å². The number of amides is 1. The predicted molar refractivity (Wildman–Crippen MR) is 131 cm³/mol. The largest absolute Gasteiger partial charge is 0.367 e. The van der Waals surface area contributed by atoms with Gasteiger partial charge in [0.15, 0.2) is 0 Å². The van der Waals surface area contributed by atoms with Crippen molar-refractivity contribution < 1.29 is 18.0 Å². The van der Waals surface area contributed by atoms with Gasteiger partial charge in [0.2, 0.25) is 0 Å². The molecule has 5 rings (SSSR count). The number of hydrogen-bond donors (Lipinski definition) is 2. The highest BCUT2D eigenvalue weighted by molar-refractivity contribution is 5.92. The van der Waals surface area contributed by atoms with Crippen LogP contribution in [0.2, 0.25) is 0 Å². The number of nitrogens with zero attached hydrogens (tertiary/aromatic N) is 3. The van der Waals surface area contributed by atoms with Crippen LogP contribution < -0.4 is 15.8 Å². The van der Waals surface area contributed by atoms with E-state index in [-0.39, 0.29) is 22.7 Å². The molecule has 2 unspecified atom stereocenters. The molecule has 10 heteroatoms. The number of piperazine rings is 1. The number of carbonyl (C=O) groups excluding carboxylic acids is 1. The lowest BCUT2D eigenvalue weighted by Crippen LogP contribution is -2.50. The first-order chi connectivity index (χ1) is 17.4. The SMILES string of the molecule is CNC(=O)c1ccc(N2CCN(C3CCC(c4cc5cccc(F)c5c(=O)[nH]4)C3)CC2)c(C(F)F)n1. The lowest BCUT2D eigenvalue weighted by Gasteiger charge is -2.39. The molecule has 0 radical (unpaired) electrons. The smallest absolute Gasteiger partial charge is 0.282 e. The van der Waals surface area contributed by atoms with Gasteiger partial charge in [-0.05, 0) is 48.9 Å². The molecule has 2 N–H and O–H groups in total. The first-order valence-electron chi connectivity index (χ1n) is 12.2. The van der Waals surface area contributed by atoms with E-state index in [1.807, 2.05) is 11.0 Å². The van der Waals surface area contributed by atoms with Crippen molar-refractivity contribution in [2.24, 2.45) is 0 Å². The normalized spacial score (nSPS) is 20.9. The van der Waals surface area contributed by atoms with Gasteiger partial charge in [-0.15, -0.1) is 0 Å². The van der Waals surface area contributed by atoms with Crippen LogP contribution in [0.15, 0.2) is 41.2 Å². The first kappa shape index (κ1) is 24.3. The Morgan fingerprint density at radius 2 is 1.92 bits per heavy atom. The van der Waals surface area contributed by atoms with E-state index in [9.17, 15) is 22.8 Å². The molecule has 1 aliphatic carbocycles. The number of benzene rings is 1. The highest BCUT2D eigenvalue weighted by Gasteiger charge is 2.33. The number of anilines is 1. The molecule has 190 valence electrons. The summed E-state index contributed by atoms with van der Waals surface area (Å²) in [5.41, 5.74) is 0.401. The monoisotopic (exact) mass is 499 g/mol. The van der Waals surface area contributed by atoms with Gasteiger partial charge in [-0.1, -0.05) is 12.1 Å². The van der Waals surface area contributed by atoms with Crippen LogP contribution in [0.3, 0.4) is 0 Å². The van der Waals surface area contributed by atoms with Gasteiger partial charge < -0.3 is 15.2 Å². The van der Waals surface area contributed by atoms with Crippen molar-refractivity contribution in [1.29, 1.82) is 0 Å². The maximum atomic E-state index is 14.1. The van der Waals surface area contributed by atoms with E-state index in [0.717, 1.165) is 38.0 Å². The molecule has 0 bridgehead atoms. The van der Waals surface area contributed by atoms with Crippen molar-refractivity contribution >= 4 is 22.4 Å². The molecule has 3 heterocycles. The topological polar surface area (TPSA) is 81.3 Å². The minimum atomic E-state index is -2.78. The third-order valence-electron chi connectivity index (χ3n) is 7.43. The summed E-state index contributed by atoms with van der Waals surface area (Å²) >= 11 is 0. The highest BCUT2D eigenvalue weighted by atomic mass is 19.3. The number of rotatable bonds is 5. The second-order valence-corrected chi connectivity index (χ2v) is 9.43. The molecule has 7 nitrogen and oxygen atoms in total. The van der Waals surface area contributed by atoms with Crippen molar-refractivity contribution in [2.45, 2.75) is 37.6 Å². The molecule has 3 aromatic rings. The molecule has 1 aromatic carbocycles. The average molecular weight is 500 g/mol. The number of aromatic nitrogens is 2. The van der Waals surface area contributed by atoms with Gasteiger partial charge in [0.05, 0.1) is 11.1 Å². The number of aromatic amines is 1.